The van der Waals surface area contributed by atoms with Crippen LogP contribution in [0.5, 0.6) is 17.2 Å². The number of imidazole rings is 1. The molecule has 0 bridgehead atoms. The number of aryl methyl sites for hydroxylation is 1. The highest BCUT2D eigenvalue weighted by atomic mass is 16.5. The van der Waals surface area contributed by atoms with Crippen LogP contribution in [0.1, 0.15) is 29.8 Å². The number of unbranched alkanes of at least 4 members (excludes halogenated alkanes) is 1. The summed E-state index contributed by atoms with van der Waals surface area (Å²) in [5, 5.41) is 3.35. The number of carbonyl (C=O) groups is 1. The maximum absolute atomic E-state index is 12.8. The summed E-state index contributed by atoms with van der Waals surface area (Å²) in [5.74, 6) is 2.70. The minimum Gasteiger partial charge on any atom is -0.495 e. The molecule has 0 unspecified atom stereocenters. The van der Waals surface area contributed by atoms with Crippen molar-refractivity contribution >= 4 is 28.5 Å². The summed E-state index contributed by atoms with van der Waals surface area (Å²) >= 11 is 0. The van der Waals surface area contributed by atoms with Crippen LogP contribution in [0.15, 0.2) is 60.8 Å². The van der Waals surface area contributed by atoms with E-state index in [2.05, 4.69) is 27.1 Å². The van der Waals surface area contributed by atoms with Crippen LogP contribution in [0.4, 0.5) is 11.6 Å². The average molecular weight is 529 g/mol. The Morgan fingerprint density at radius 2 is 1.77 bits per heavy atom. The molecule has 2 aromatic heterocycles. The van der Waals surface area contributed by atoms with Crippen LogP contribution < -0.4 is 14.8 Å². The van der Waals surface area contributed by atoms with Crippen LogP contribution >= 0.6 is 0 Å². The smallest absolute Gasteiger partial charge is 0.208 e. The minimum absolute atomic E-state index is 0.0473. The van der Waals surface area contributed by atoms with Gasteiger partial charge in [0.05, 0.1) is 23.8 Å². The highest BCUT2D eigenvalue weighted by Gasteiger charge is 2.15. The zero-order valence-electron chi connectivity index (χ0n) is 22.9. The second-order valence-electron chi connectivity index (χ2n) is 9.97. The first kappa shape index (κ1) is 26.6. The van der Waals surface area contributed by atoms with E-state index in [4.69, 9.17) is 14.5 Å². The molecule has 0 spiro atoms. The van der Waals surface area contributed by atoms with E-state index in [0.29, 0.717) is 29.6 Å². The lowest BCUT2D eigenvalue weighted by Crippen LogP contribution is -2.44. The molecule has 0 amide bonds. The SMILES string of the molecule is COc1ccccc1Nc1nc2cc(Oc3ccnc(C(=O)CCCCN4CCN(C)CC4)c3)ccc2n1C. The molecule has 204 valence electrons. The Balaban J connectivity index is 1.20. The van der Waals surface area contributed by atoms with Gasteiger partial charge in [0.2, 0.25) is 5.95 Å². The van der Waals surface area contributed by atoms with E-state index in [-0.39, 0.29) is 5.78 Å². The predicted molar refractivity (Wildman–Crippen MR) is 153 cm³/mol. The number of nitrogens with one attached hydrogen (secondary N) is 1. The zero-order chi connectivity index (χ0) is 27.2. The number of nitrogens with zero attached hydrogens (tertiary/aromatic N) is 5. The van der Waals surface area contributed by atoms with Gasteiger partial charge in [-0.3, -0.25) is 9.78 Å². The van der Waals surface area contributed by atoms with E-state index in [9.17, 15) is 4.79 Å². The quantitative estimate of drug-likeness (QED) is 0.212. The van der Waals surface area contributed by atoms with E-state index < -0.39 is 0 Å². The molecule has 0 saturated carbocycles. The number of benzene rings is 2. The number of fused-ring (bicyclic) bond motifs is 1. The molecule has 0 radical (unpaired) electrons. The van der Waals surface area contributed by atoms with Crippen LogP contribution in [0.25, 0.3) is 11.0 Å². The number of piperazine rings is 1. The summed E-state index contributed by atoms with van der Waals surface area (Å²) in [5.41, 5.74) is 3.03. The van der Waals surface area contributed by atoms with Crippen molar-refractivity contribution in [1.29, 1.82) is 0 Å². The van der Waals surface area contributed by atoms with Gasteiger partial charge in [0.25, 0.3) is 0 Å². The summed E-state index contributed by atoms with van der Waals surface area (Å²) in [4.78, 5) is 26.7. The first-order valence-electron chi connectivity index (χ1n) is 13.4. The molecular weight excluding hydrogens is 492 g/mol. The number of anilines is 2. The van der Waals surface area contributed by atoms with Crippen molar-refractivity contribution in [3.63, 3.8) is 0 Å². The van der Waals surface area contributed by atoms with Crippen molar-refractivity contribution < 1.29 is 14.3 Å². The summed E-state index contributed by atoms with van der Waals surface area (Å²) in [7, 11) is 5.77. The lowest BCUT2D eigenvalue weighted by atomic mass is 10.1. The fourth-order valence-corrected chi connectivity index (χ4v) is 4.81. The van der Waals surface area contributed by atoms with Gasteiger partial charge in [0.15, 0.2) is 5.78 Å². The van der Waals surface area contributed by atoms with Crippen molar-refractivity contribution in [2.24, 2.45) is 7.05 Å². The molecule has 1 aliphatic rings. The topological polar surface area (TPSA) is 84.8 Å². The fourth-order valence-electron chi connectivity index (χ4n) is 4.81. The minimum atomic E-state index is 0.0473. The van der Waals surface area contributed by atoms with Crippen LogP contribution in [0.3, 0.4) is 0 Å². The highest BCUT2D eigenvalue weighted by Crippen LogP contribution is 2.30. The molecule has 5 rings (SSSR count). The third-order valence-corrected chi connectivity index (χ3v) is 7.18. The van der Waals surface area contributed by atoms with Crippen LogP contribution in [-0.2, 0) is 7.05 Å². The number of hydrogen-bond donors (Lipinski definition) is 1. The Morgan fingerprint density at radius 1 is 0.974 bits per heavy atom. The van der Waals surface area contributed by atoms with Gasteiger partial charge >= 0.3 is 0 Å². The van der Waals surface area contributed by atoms with Gasteiger partial charge in [-0.25, -0.2) is 4.98 Å². The number of methoxy groups -OCH3 is 1. The summed E-state index contributed by atoms with van der Waals surface area (Å²) in [6.45, 7) is 5.49. The Bertz CT molecular complexity index is 1430. The van der Waals surface area contributed by atoms with Crippen LogP contribution in [-0.4, -0.2) is 77.0 Å². The third-order valence-electron chi connectivity index (χ3n) is 7.18. The van der Waals surface area contributed by atoms with E-state index in [1.54, 1.807) is 25.4 Å². The van der Waals surface area contributed by atoms with Gasteiger partial charge in [0.1, 0.15) is 22.9 Å². The van der Waals surface area contributed by atoms with E-state index in [0.717, 1.165) is 68.0 Å². The standard InChI is InChI=1S/C30H36N6O3/c1-34-16-18-36(19-17-34)15-7-6-9-28(37)26-21-23(13-14-31-26)39-22-11-12-27-25(20-22)33-30(35(27)2)32-24-8-4-5-10-29(24)38-3/h4-5,8,10-14,20-21H,6-7,9,15-19H2,1-3H3,(H,32,33). The number of rotatable bonds is 11. The largest absolute Gasteiger partial charge is 0.495 e. The number of ether oxygens (including phenoxy) is 2. The van der Waals surface area contributed by atoms with Crippen molar-refractivity contribution in [3.8, 4) is 17.2 Å². The number of carbonyl (C=O) groups excluding carboxylic acids is 1. The molecule has 3 heterocycles. The molecule has 9 nitrogen and oxygen atoms in total. The molecule has 39 heavy (non-hydrogen) atoms. The van der Waals surface area contributed by atoms with Gasteiger partial charge in [-0.2, -0.15) is 0 Å². The highest BCUT2D eigenvalue weighted by molar-refractivity contribution is 5.94. The van der Waals surface area contributed by atoms with Crippen molar-refractivity contribution in [2.75, 3.05) is 52.2 Å². The van der Waals surface area contributed by atoms with Gasteiger partial charge in [0, 0.05) is 58.0 Å². The van der Waals surface area contributed by atoms with Gasteiger partial charge < -0.3 is 29.2 Å². The molecule has 4 aromatic rings. The van der Waals surface area contributed by atoms with Gasteiger partial charge in [-0.05, 0) is 56.8 Å². The number of pyridine rings is 1. The zero-order valence-corrected chi connectivity index (χ0v) is 22.9. The first-order chi connectivity index (χ1) is 19.0. The lowest BCUT2D eigenvalue weighted by Gasteiger charge is -2.32. The normalized spacial score (nSPS) is 14.4. The van der Waals surface area contributed by atoms with E-state index >= 15 is 0 Å². The number of hydrogen-bond acceptors (Lipinski definition) is 8. The second kappa shape index (κ2) is 12.3. The Hall–Kier alpha value is -3.95. The average Bonchev–Trinajstić information content (AvgIpc) is 3.26. The summed E-state index contributed by atoms with van der Waals surface area (Å²) in [6, 6.07) is 17.0. The van der Waals surface area contributed by atoms with Crippen molar-refractivity contribution in [1.82, 2.24) is 24.3 Å². The van der Waals surface area contributed by atoms with Crippen LogP contribution in [0, 0.1) is 0 Å². The Morgan fingerprint density at radius 3 is 2.59 bits per heavy atom. The Kier molecular flexibility index (Phi) is 8.39. The van der Waals surface area contributed by atoms with E-state index in [1.165, 1.54) is 0 Å². The van der Waals surface area contributed by atoms with Gasteiger partial charge in [-0.1, -0.05) is 12.1 Å². The molecule has 0 atom stereocenters. The van der Waals surface area contributed by atoms with Crippen LogP contribution in [0.2, 0.25) is 0 Å². The van der Waals surface area contributed by atoms with Gasteiger partial charge in [-0.15, -0.1) is 0 Å². The number of para-hydroxylation sites is 2. The number of likely N-dealkylation sites (N-methyl/N-ethyl adjacent to an activating group) is 1. The van der Waals surface area contributed by atoms with Crippen molar-refractivity contribution in [2.45, 2.75) is 19.3 Å². The summed E-state index contributed by atoms with van der Waals surface area (Å²) in [6.07, 6.45) is 4.00. The predicted octanol–water partition coefficient (Wildman–Crippen LogP) is 5.11. The molecule has 0 aliphatic carbocycles. The lowest BCUT2D eigenvalue weighted by molar-refractivity contribution is 0.0970. The first-order valence-corrected chi connectivity index (χ1v) is 13.4. The summed E-state index contributed by atoms with van der Waals surface area (Å²) < 4.78 is 13.5. The number of aromatic nitrogens is 3. The molecular formula is C30H36N6O3. The number of Topliss-reactive ketones (excluding diaryl/α,β-unsaturated/α-hetero) is 1. The molecule has 1 N–H and O–H groups in total. The molecule has 2 aromatic carbocycles. The maximum Gasteiger partial charge on any atom is 0.208 e. The van der Waals surface area contributed by atoms with Crippen molar-refractivity contribution in [3.05, 3.63) is 66.5 Å². The Labute approximate surface area is 229 Å². The maximum atomic E-state index is 12.8. The monoisotopic (exact) mass is 528 g/mol. The molecule has 1 fully saturated rings. The third kappa shape index (κ3) is 6.55. The molecule has 1 aliphatic heterocycles. The molecule has 9 heteroatoms. The molecule has 1 saturated heterocycles. The second-order valence-corrected chi connectivity index (χ2v) is 9.97. The fraction of sp³-hybridized carbons (Fsp3) is 0.367. The van der Waals surface area contributed by atoms with E-state index in [1.807, 2.05) is 54.1 Å². The number of ketones is 1.